The molecule has 0 spiro atoms. The van der Waals surface area contributed by atoms with Gasteiger partial charge in [0, 0.05) is 50.8 Å². The molecule has 0 N–H and O–H groups in total. The third-order valence-corrected chi connectivity index (χ3v) is 6.77. The number of benzene rings is 1. The average molecular weight is 463 g/mol. The van der Waals surface area contributed by atoms with Gasteiger partial charge < -0.3 is 14.4 Å². The number of nitro benzene ring substituents is 1. The lowest BCUT2D eigenvalue weighted by molar-refractivity contribution is -0.384. The summed E-state index contributed by atoms with van der Waals surface area (Å²) in [5.74, 6) is -0.427. The molecule has 4 heterocycles. The Kier molecular flexibility index (Phi) is 6.86. The largest absolute Gasteiger partial charge is 0.379 e. The molecule has 33 heavy (non-hydrogen) atoms. The lowest BCUT2D eigenvalue weighted by Crippen LogP contribution is -2.53. The summed E-state index contributed by atoms with van der Waals surface area (Å²) < 4.78 is 11.4. The van der Waals surface area contributed by atoms with Crippen LogP contribution in [0, 0.1) is 10.1 Å². The number of nitro groups is 1. The molecule has 0 saturated carbocycles. The molecule has 1 aromatic rings. The van der Waals surface area contributed by atoms with Gasteiger partial charge in [-0.25, -0.2) is 0 Å². The summed E-state index contributed by atoms with van der Waals surface area (Å²) in [4.78, 5) is 38.6. The van der Waals surface area contributed by atoms with E-state index in [2.05, 4.69) is 0 Å². The molecule has 4 aliphatic heterocycles. The highest BCUT2D eigenvalue weighted by Gasteiger charge is 2.54. The Morgan fingerprint density at radius 1 is 1.00 bits per heavy atom. The molecule has 11 nitrogen and oxygen atoms in total. The second-order valence-electron chi connectivity index (χ2n) is 8.80. The number of nitrogens with zero attached hydrogens (tertiary/aromatic N) is 4. The first-order valence-electron chi connectivity index (χ1n) is 11.7. The van der Waals surface area contributed by atoms with Crippen molar-refractivity contribution in [2.45, 2.75) is 43.6 Å². The van der Waals surface area contributed by atoms with Crippen molar-refractivity contribution in [2.24, 2.45) is 0 Å². The number of piperidine rings is 1. The molecule has 1 aromatic carbocycles. The van der Waals surface area contributed by atoms with Crippen LogP contribution in [-0.4, -0.2) is 96.8 Å². The molecule has 11 heteroatoms. The Hall–Kier alpha value is -2.15. The predicted octanol–water partition coefficient (Wildman–Crippen LogP) is 1.30. The Morgan fingerprint density at radius 3 is 2.42 bits per heavy atom. The maximum absolute atomic E-state index is 13.6. The standard InChI is InChI=1S/C22H30N4O7/c27-21(23-8-2-1-3-9-23)20-18(16-4-6-17(7-5-16)26(28)29)19-22(31-15-12-25(19)32-20)33-24-10-13-30-14-11-24/h4-7,18-20,22H,1-3,8-15H2/t18-,19+,20-,22?/m1/s1. The number of ether oxygens (including phenoxy) is 2. The van der Waals surface area contributed by atoms with Crippen LogP contribution in [0.4, 0.5) is 5.69 Å². The van der Waals surface area contributed by atoms with Gasteiger partial charge in [0.25, 0.3) is 11.6 Å². The summed E-state index contributed by atoms with van der Waals surface area (Å²) in [6.45, 7) is 4.81. The maximum Gasteiger partial charge on any atom is 0.269 e. The molecule has 1 unspecified atom stereocenters. The number of hydroxylamine groups is 4. The topological polar surface area (TPSA) is 107 Å². The zero-order valence-electron chi connectivity index (χ0n) is 18.5. The van der Waals surface area contributed by atoms with Crippen LogP contribution in [-0.2, 0) is 23.9 Å². The SMILES string of the molecule is O=C([C@@H]1ON2CCOC(ON3CCOCC3)[C@@H]2[C@H]1c1ccc([N+](=O)[O-])cc1)N1CCCCC1. The van der Waals surface area contributed by atoms with Crippen LogP contribution in [0.5, 0.6) is 0 Å². The van der Waals surface area contributed by atoms with Crippen LogP contribution in [0.25, 0.3) is 0 Å². The number of hydrogen-bond donors (Lipinski definition) is 0. The molecule has 0 aromatic heterocycles. The van der Waals surface area contributed by atoms with E-state index in [1.807, 2.05) is 15.0 Å². The van der Waals surface area contributed by atoms with Crippen LogP contribution in [0.3, 0.4) is 0 Å². The number of rotatable bonds is 5. The summed E-state index contributed by atoms with van der Waals surface area (Å²) in [5.41, 5.74) is 0.805. The van der Waals surface area contributed by atoms with E-state index < -0.39 is 17.3 Å². The predicted molar refractivity (Wildman–Crippen MR) is 115 cm³/mol. The summed E-state index contributed by atoms with van der Waals surface area (Å²) in [5, 5.41) is 14.8. The zero-order chi connectivity index (χ0) is 22.8. The van der Waals surface area contributed by atoms with Crippen LogP contribution >= 0.6 is 0 Å². The van der Waals surface area contributed by atoms with Gasteiger partial charge in [-0.15, -0.1) is 0 Å². The highest BCUT2D eigenvalue weighted by molar-refractivity contribution is 5.82. The highest BCUT2D eigenvalue weighted by Crippen LogP contribution is 2.42. The monoisotopic (exact) mass is 462 g/mol. The molecule has 5 rings (SSSR count). The van der Waals surface area contributed by atoms with E-state index in [-0.39, 0.29) is 23.6 Å². The number of fused-ring (bicyclic) bond motifs is 1. The second-order valence-corrected chi connectivity index (χ2v) is 8.80. The van der Waals surface area contributed by atoms with E-state index in [0.29, 0.717) is 39.5 Å². The van der Waals surface area contributed by atoms with Crippen molar-refractivity contribution in [1.82, 2.24) is 15.0 Å². The van der Waals surface area contributed by atoms with Crippen molar-refractivity contribution in [3.8, 4) is 0 Å². The van der Waals surface area contributed by atoms with Gasteiger partial charge in [0.15, 0.2) is 12.4 Å². The van der Waals surface area contributed by atoms with Crippen molar-refractivity contribution in [3.63, 3.8) is 0 Å². The maximum atomic E-state index is 13.6. The quantitative estimate of drug-likeness (QED) is 0.473. The molecule has 4 saturated heterocycles. The molecule has 0 bridgehead atoms. The first-order valence-corrected chi connectivity index (χ1v) is 11.7. The Morgan fingerprint density at radius 2 is 1.73 bits per heavy atom. The van der Waals surface area contributed by atoms with Crippen molar-refractivity contribution >= 4 is 11.6 Å². The average Bonchev–Trinajstić information content (AvgIpc) is 3.25. The van der Waals surface area contributed by atoms with E-state index in [1.165, 1.54) is 12.1 Å². The fourth-order valence-corrected chi connectivity index (χ4v) is 5.08. The Balaban J connectivity index is 1.44. The number of carbonyl (C=O) groups is 1. The summed E-state index contributed by atoms with van der Waals surface area (Å²) >= 11 is 0. The molecule has 0 radical (unpaired) electrons. The number of morpholine rings is 2. The number of amides is 1. The van der Waals surface area contributed by atoms with Crippen molar-refractivity contribution < 1.29 is 28.9 Å². The van der Waals surface area contributed by atoms with Crippen LogP contribution in [0.15, 0.2) is 24.3 Å². The zero-order valence-corrected chi connectivity index (χ0v) is 18.5. The number of hydrogen-bond acceptors (Lipinski definition) is 9. The molecule has 4 aliphatic rings. The normalized spacial score (nSPS) is 31.3. The summed E-state index contributed by atoms with van der Waals surface area (Å²) in [7, 11) is 0. The minimum Gasteiger partial charge on any atom is -0.379 e. The van der Waals surface area contributed by atoms with Crippen molar-refractivity contribution in [1.29, 1.82) is 0 Å². The van der Waals surface area contributed by atoms with Crippen LogP contribution in [0.1, 0.15) is 30.7 Å². The summed E-state index contributed by atoms with van der Waals surface area (Å²) in [6.07, 6.45) is 1.74. The molecule has 0 aliphatic carbocycles. The number of non-ortho nitro benzene ring substituents is 1. The van der Waals surface area contributed by atoms with Gasteiger partial charge in [-0.1, -0.05) is 12.1 Å². The van der Waals surface area contributed by atoms with Gasteiger partial charge in [-0.05, 0) is 24.8 Å². The van der Waals surface area contributed by atoms with Gasteiger partial charge in [-0.2, -0.15) is 10.1 Å². The highest BCUT2D eigenvalue weighted by atomic mass is 16.8. The minimum atomic E-state index is -0.730. The molecule has 180 valence electrons. The lowest BCUT2D eigenvalue weighted by Gasteiger charge is -2.39. The van der Waals surface area contributed by atoms with Crippen molar-refractivity contribution in [3.05, 3.63) is 39.9 Å². The van der Waals surface area contributed by atoms with E-state index in [0.717, 1.165) is 37.9 Å². The van der Waals surface area contributed by atoms with E-state index in [9.17, 15) is 14.9 Å². The smallest absolute Gasteiger partial charge is 0.269 e. The first kappa shape index (κ1) is 22.6. The molecule has 4 atom stereocenters. The van der Waals surface area contributed by atoms with Crippen LogP contribution in [0.2, 0.25) is 0 Å². The third kappa shape index (κ3) is 4.75. The van der Waals surface area contributed by atoms with Gasteiger partial charge >= 0.3 is 0 Å². The van der Waals surface area contributed by atoms with Gasteiger partial charge in [-0.3, -0.25) is 24.6 Å². The van der Waals surface area contributed by atoms with E-state index in [4.69, 9.17) is 19.1 Å². The van der Waals surface area contributed by atoms with Gasteiger partial charge in [0.2, 0.25) is 0 Å². The number of likely N-dealkylation sites (tertiary alicyclic amines) is 1. The molecular weight excluding hydrogens is 432 g/mol. The first-order chi connectivity index (χ1) is 16.1. The Bertz CT molecular complexity index is 842. The molecule has 1 amide bonds. The molecule has 4 fully saturated rings. The Labute approximate surface area is 192 Å². The third-order valence-electron chi connectivity index (χ3n) is 6.77. The fraction of sp³-hybridized carbons (Fsp3) is 0.682. The summed E-state index contributed by atoms with van der Waals surface area (Å²) in [6, 6.07) is 6.02. The second kappa shape index (κ2) is 10.00. The van der Waals surface area contributed by atoms with Gasteiger partial charge in [0.1, 0.15) is 0 Å². The van der Waals surface area contributed by atoms with Crippen molar-refractivity contribution in [2.75, 3.05) is 52.5 Å². The van der Waals surface area contributed by atoms with E-state index >= 15 is 0 Å². The van der Waals surface area contributed by atoms with E-state index in [1.54, 1.807) is 12.1 Å². The van der Waals surface area contributed by atoms with Gasteiger partial charge in [0.05, 0.1) is 30.8 Å². The minimum absolute atomic E-state index is 0.00874. The fourth-order valence-electron chi connectivity index (χ4n) is 5.08. The molecular formula is C22H30N4O7. The number of carbonyl (C=O) groups excluding carboxylic acids is 1. The van der Waals surface area contributed by atoms with Crippen LogP contribution < -0.4 is 0 Å². The lowest BCUT2D eigenvalue weighted by atomic mass is 9.85.